The zero-order valence-corrected chi connectivity index (χ0v) is 12.3. The molecule has 0 aromatic heterocycles. The zero-order chi connectivity index (χ0) is 14.8. The van der Waals surface area contributed by atoms with Crippen LogP contribution in [-0.2, 0) is 10.0 Å². The molecule has 0 heterocycles. The summed E-state index contributed by atoms with van der Waals surface area (Å²) in [4.78, 5) is -0.238. The largest absolute Gasteiger partial charge is 0.244 e. The molecule has 1 aromatic rings. The topological polar surface area (TPSA) is 61.2 Å². The minimum atomic E-state index is -3.87. The molecule has 0 amide bonds. The highest BCUT2D eigenvalue weighted by atomic mass is 35.5. The summed E-state index contributed by atoms with van der Waals surface area (Å²) in [5, 5.41) is 8.63. The molecular weight excluding hydrogens is 303 g/mol. The van der Waals surface area contributed by atoms with Gasteiger partial charge in [-0.1, -0.05) is 11.6 Å². The molecule has 0 bridgehead atoms. The van der Waals surface area contributed by atoms with Gasteiger partial charge in [-0.3, -0.25) is 0 Å². The van der Waals surface area contributed by atoms with Gasteiger partial charge in [-0.2, -0.15) is 9.57 Å². The summed E-state index contributed by atoms with van der Waals surface area (Å²) < 4.78 is 39.6. The van der Waals surface area contributed by atoms with Crippen molar-refractivity contribution in [3.8, 4) is 6.07 Å². The van der Waals surface area contributed by atoms with E-state index < -0.39 is 15.8 Å². The predicted molar refractivity (Wildman–Crippen MR) is 73.1 cm³/mol. The molecule has 7 heteroatoms. The highest BCUT2D eigenvalue weighted by Crippen LogP contribution is 2.33. The summed E-state index contributed by atoms with van der Waals surface area (Å²) in [5.74, 6) is -0.324. The molecule has 0 saturated heterocycles. The minimum absolute atomic E-state index is 0.0100. The Morgan fingerprint density at radius 1 is 1.45 bits per heavy atom. The lowest BCUT2D eigenvalue weighted by Gasteiger charge is -2.21. The van der Waals surface area contributed by atoms with E-state index >= 15 is 0 Å². The van der Waals surface area contributed by atoms with Crippen LogP contribution in [0.15, 0.2) is 23.1 Å². The Kier molecular flexibility index (Phi) is 4.63. The Hall–Kier alpha value is -1.16. The molecule has 1 fully saturated rings. The fourth-order valence-electron chi connectivity index (χ4n) is 1.89. The van der Waals surface area contributed by atoms with Crippen LogP contribution in [0, 0.1) is 23.1 Å². The average molecular weight is 317 g/mol. The van der Waals surface area contributed by atoms with Gasteiger partial charge in [0.15, 0.2) is 0 Å². The van der Waals surface area contributed by atoms with Crippen LogP contribution in [0.4, 0.5) is 4.39 Å². The van der Waals surface area contributed by atoms with Gasteiger partial charge in [-0.15, -0.1) is 0 Å². The maximum Gasteiger partial charge on any atom is 0.244 e. The van der Waals surface area contributed by atoms with Gasteiger partial charge in [-0.05, 0) is 37.0 Å². The average Bonchev–Trinajstić information content (AvgIpc) is 3.21. The van der Waals surface area contributed by atoms with Crippen LogP contribution in [0.1, 0.15) is 19.3 Å². The molecule has 1 aliphatic rings. The van der Waals surface area contributed by atoms with Gasteiger partial charge in [0.2, 0.25) is 10.0 Å². The lowest BCUT2D eigenvalue weighted by Crippen LogP contribution is -2.34. The molecule has 0 atom stereocenters. The first kappa shape index (κ1) is 15.2. The van der Waals surface area contributed by atoms with Gasteiger partial charge < -0.3 is 0 Å². The first-order valence-corrected chi connectivity index (χ1v) is 8.09. The monoisotopic (exact) mass is 316 g/mol. The summed E-state index contributed by atoms with van der Waals surface area (Å²) in [6.07, 6.45) is 2.06. The number of hydrogen-bond donors (Lipinski definition) is 0. The third-order valence-electron chi connectivity index (χ3n) is 3.14. The van der Waals surface area contributed by atoms with Crippen molar-refractivity contribution >= 4 is 21.6 Å². The van der Waals surface area contributed by atoms with Crippen molar-refractivity contribution in [2.75, 3.05) is 13.1 Å². The number of nitriles is 1. The molecule has 0 aliphatic heterocycles. The second-order valence-corrected chi connectivity index (χ2v) is 7.10. The second kappa shape index (κ2) is 6.08. The standard InChI is InChI=1S/C13H14ClFN2O2S/c14-12-5-4-11(15)8-13(12)20(18,19)17(7-1-6-16)9-10-2-3-10/h4-5,8,10H,1-3,7,9H2. The molecular formula is C13H14ClFN2O2S. The van der Waals surface area contributed by atoms with Crippen molar-refractivity contribution in [3.05, 3.63) is 29.0 Å². The molecule has 108 valence electrons. The third-order valence-corrected chi connectivity index (χ3v) is 5.49. The number of sulfonamides is 1. The van der Waals surface area contributed by atoms with Gasteiger partial charge in [0, 0.05) is 19.5 Å². The summed E-state index contributed by atoms with van der Waals surface area (Å²) in [6.45, 7) is 0.457. The van der Waals surface area contributed by atoms with Crippen LogP contribution >= 0.6 is 11.6 Å². The normalized spacial score (nSPS) is 15.3. The second-order valence-electron chi connectivity index (χ2n) is 4.79. The molecule has 1 aromatic carbocycles. The van der Waals surface area contributed by atoms with Crippen LogP contribution in [-0.4, -0.2) is 25.8 Å². The van der Waals surface area contributed by atoms with Gasteiger partial charge in [-0.25, -0.2) is 12.8 Å². The van der Waals surface area contributed by atoms with Crippen molar-refractivity contribution in [2.24, 2.45) is 5.92 Å². The molecule has 0 N–H and O–H groups in total. The number of benzene rings is 1. The Balaban J connectivity index is 2.33. The van der Waals surface area contributed by atoms with Crippen molar-refractivity contribution in [1.82, 2.24) is 4.31 Å². The molecule has 1 saturated carbocycles. The Morgan fingerprint density at radius 3 is 2.75 bits per heavy atom. The Labute approximate surface area is 122 Å². The molecule has 2 rings (SSSR count). The minimum Gasteiger partial charge on any atom is -0.207 e. The van der Waals surface area contributed by atoms with E-state index in [1.807, 2.05) is 6.07 Å². The lowest BCUT2D eigenvalue weighted by atomic mass is 10.3. The fourth-order valence-corrected chi connectivity index (χ4v) is 3.89. The maximum absolute atomic E-state index is 13.3. The van der Waals surface area contributed by atoms with E-state index in [4.69, 9.17) is 16.9 Å². The van der Waals surface area contributed by atoms with E-state index in [9.17, 15) is 12.8 Å². The summed E-state index contributed by atoms with van der Waals surface area (Å²) in [5.41, 5.74) is 0. The number of halogens is 2. The summed E-state index contributed by atoms with van der Waals surface area (Å²) in [7, 11) is -3.87. The predicted octanol–water partition coefficient (Wildman–Crippen LogP) is 2.79. The van der Waals surface area contributed by atoms with E-state index in [0.717, 1.165) is 25.0 Å². The highest BCUT2D eigenvalue weighted by molar-refractivity contribution is 7.89. The van der Waals surface area contributed by atoms with Crippen LogP contribution in [0.5, 0.6) is 0 Å². The molecule has 0 radical (unpaired) electrons. The SMILES string of the molecule is N#CCCN(CC1CC1)S(=O)(=O)c1cc(F)ccc1Cl. The van der Waals surface area contributed by atoms with Gasteiger partial charge >= 0.3 is 0 Å². The zero-order valence-electron chi connectivity index (χ0n) is 10.7. The van der Waals surface area contributed by atoms with E-state index in [1.54, 1.807) is 0 Å². The van der Waals surface area contributed by atoms with E-state index in [1.165, 1.54) is 10.4 Å². The van der Waals surface area contributed by atoms with Gasteiger partial charge in [0.25, 0.3) is 0 Å². The van der Waals surface area contributed by atoms with E-state index in [2.05, 4.69) is 0 Å². The van der Waals surface area contributed by atoms with E-state index in [-0.39, 0.29) is 22.9 Å². The first-order chi connectivity index (χ1) is 9.45. The molecule has 0 unspecified atom stereocenters. The number of hydrogen-bond acceptors (Lipinski definition) is 3. The molecule has 4 nitrogen and oxygen atoms in total. The van der Waals surface area contributed by atoms with Crippen molar-refractivity contribution < 1.29 is 12.8 Å². The molecule has 0 spiro atoms. The van der Waals surface area contributed by atoms with Gasteiger partial charge in [0.1, 0.15) is 10.7 Å². The lowest BCUT2D eigenvalue weighted by molar-refractivity contribution is 0.402. The van der Waals surface area contributed by atoms with Gasteiger partial charge in [0.05, 0.1) is 11.1 Å². The van der Waals surface area contributed by atoms with Crippen molar-refractivity contribution in [1.29, 1.82) is 5.26 Å². The number of nitrogens with zero attached hydrogens (tertiary/aromatic N) is 2. The quantitative estimate of drug-likeness (QED) is 0.810. The van der Waals surface area contributed by atoms with Crippen LogP contribution in [0.3, 0.4) is 0 Å². The maximum atomic E-state index is 13.3. The smallest absolute Gasteiger partial charge is 0.207 e. The molecule has 20 heavy (non-hydrogen) atoms. The van der Waals surface area contributed by atoms with Crippen LogP contribution < -0.4 is 0 Å². The van der Waals surface area contributed by atoms with Crippen LogP contribution in [0.2, 0.25) is 5.02 Å². The number of rotatable bonds is 6. The summed E-state index contributed by atoms with van der Waals surface area (Å²) in [6, 6.07) is 5.19. The Morgan fingerprint density at radius 2 is 2.15 bits per heavy atom. The fraction of sp³-hybridized carbons (Fsp3) is 0.462. The van der Waals surface area contributed by atoms with Crippen molar-refractivity contribution in [2.45, 2.75) is 24.2 Å². The van der Waals surface area contributed by atoms with Crippen molar-refractivity contribution in [3.63, 3.8) is 0 Å². The van der Waals surface area contributed by atoms with Crippen LogP contribution in [0.25, 0.3) is 0 Å². The Bertz CT molecular complexity index is 638. The third kappa shape index (κ3) is 3.48. The highest BCUT2D eigenvalue weighted by Gasteiger charge is 2.32. The summed E-state index contributed by atoms with van der Waals surface area (Å²) >= 11 is 5.87. The first-order valence-electron chi connectivity index (χ1n) is 6.27. The van der Waals surface area contributed by atoms with E-state index in [0.29, 0.717) is 12.5 Å². The molecule has 1 aliphatic carbocycles.